The van der Waals surface area contributed by atoms with Gasteiger partial charge in [-0.15, -0.1) is 0 Å². The van der Waals surface area contributed by atoms with Gasteiger partial charge in [0.25, 0.3) is 5.91 Å². The van der Waals surface area contributed by atoms with E-state index in [1.807, 2.05) is 0 Å². The van der Waals surface area contributed by atoms with E-state index in [2.05, 4.69) is 12.2 Å². The largest absolute Gasteiger partial charge is 0.305 e. The first kappa shape index (κ1) is 21.9. The van der Waals surface area contributed by atoms with Crippen molar-refractivity contribution < 1.29 is 9.59 Å². The van der Waals surface area contributed by atoms with Crippen LogP contribution in [0.2, 0.25) is 5.02 Å². The average molecular weight is 393 g/mol. The number of hydrogen-bond donors (Lipinski definition) is 1. The molecule has 1 aliphatic rings. The Balaban J connectivity index is 1.58. The summed E-state index contributed by atoms with van der Waals surface area (Å²) in [6.45, 7) is 3.03. The van der Waals surface area contributed by atoms with Crippen molar-refractivity contribution in [3.8, 4) is 0 Å². The molecule has 5 heteroatoms. The van der Waals surface area contributed by atoms with Crippen molar-refractivity contribution in [1.29, 1.82) is 0 Å². The summed E-state index contributed by atoms with van der Waals surface area (Å²) in [5.41, 5.74) is 0.595. The van der Waals surface area contributed by atoms with Crippen LogP contribution in [-0.4, -0.2) is 24.4 Å². The fourth-order valence-electron chi connectivity index (χ4n) is 3.54. The molecule has 1 atom stereocenters. The van der Waals surface area contributed by atoms with Gasteiger partial charge in [0.05, 0.1) is 18.2 Å². The lowest BCUT2D eigenvalue weighted by atomic mass is 10.1. The molecule has 0 aliphatic carbocycles. The second-order valence-corrected chi connectivity index (χ2v) is 7.87. The number of halogens is 1. The van der Waals surface area contributed by atoms with Crippen LogP contribution in [-0.2, 0) is 9.59 Å². The summed E-state index contributed by atoms with van der Waals surface area (Å²) in [5, 5.41) is 3.85. The molecule has 2 amide bonds. The van der Waals surface area contributed by atoms with Crippen molar-refractivity contribution in [1.82, 2.24) is 5.32 Å². The lowest BCUT2D eigenvalue weighted by Gasteiger charge is -2.15. The van der Waals surface area contributed by atoms with Gasteiger partial charge in [0.2, 0.25) is 5.91 Å². The van der Waals surface area contributed by atoms with Crippen LogP contribution in [0.25, 0.3) is 0 Å². The SMILES string of the molecule is CCCCCCCCCCCCNC1CC(=O)N(c2ccc(Cl)cc2)C1=O. The number of benzene rings is 1. The highest BCUT2D eigenvalue weighted by Crippen LogP contribution is 2.24. The Morgan fingerprint density at radius 3 is 2.07 bits per heavy atom. The average Bonchev–Trinajstić information content (AvgIpc) is 2.94. The van der Waals surface area contributed by atoms with Crippen LogP contribution in [0.5, 0.6) is 0 Å². The van der Waals surface area contributed by atoms with Gasteiger partial charge >= 0.3 is 0 Å². The number of amides is 2. The first-order valence-electron chi connectivity index (χ1n) is 10.5. The number of hydrogen-bond acceptors (Lipinski definition) is 3. The van der Waals surface area contributed by atoms with E-state index in [9.17, 15) is 9.59 Å². The number of imide groups is 1. The molecule has 1 heterocycles. The van der Waals surface area contributed by atoms with Crippen LogP contribution < -0.4 is 10.2 Å². The molecule has 0 bridgehead atoms. The molecule has 0 aromatic heterocycles. The second kappa shape index (κ2) is 12.1. The zero-order valence-corrected chi connectivity index (χ0v) is 17.3. The Kier molecular flexibility index (Phi) is 9.85. The van der Waals surface area contributed by atoms with Crippen molar-refractivity contribution in [3.05, 3.63) is 29.3 Å². The Labute approximate surface area is 168 Å². The second-order valence-electron chi connectivity index (χ2n) is 7.44. The zero-order chi connectivity index (χ0) is 19.5. The monoisotopic (exact) mass is 392 g/mol. The maximum atomic E-state index is 12.5. The molecule has 2 rings (SSSR count). The third-order valence-corrected chi connectivity index (χ3v) is 5.40. The summed E-state index contributed by atoms with van der Waals surface area (Å²) in [7, 11) is 0. The van der Waals surface area contributed by atoms with Gasteiger partial charge in [-0.05, 0) is 37.2 Å². The number of anilines is 1. The summed E-state index contributed by atoms with van der Waals surface area (Å²) in [5.74, 6) is -0.308. The van der Waals surface area contributed by atoms with Crippen LogP contribution >= 0.6 is 11.6 Å². The third-order valence-electron chi connectivity index (χ3n) is 5.15. The van der Waals surface area contributed by atoms with Crippen molar-refractivity contribution >= 4 is 29.1 Å². The smallest absolute Gasteiger partial charge is 0.251 e. The summed E-state index contributed by atoms with van der Waals surface area (Å²) >= 11 is 5.88. The van der Waals surface area contributed by atoms with Gasteiger partial charge in [-0.2, -0.15) is 0 Å². The van der Waals surface area contributed by atoms with Crippen LogP contribution in [0.3, 0.4) is 0 Å². The lowest BCUT2D eigenvalue weighted by Crippen LogP contribution is -2.39. The minimum Gasteiger partial charge on any atom is -0.305 e. The highest BCUT2D eigenvalue weighted by atomic mass is 35.5. The van der Waals surface area contributed by atoms with Crippen LogP contribution in [0.15, 0.2) is 24.3 Å². The molecule has 1 aromatic rings. The number of unbranched alkanes of at least 4 members (excludes halogenated alkanes) is 9. The van der Waals surface area contributed by atoms with Gasteiger partial charge in [-0.25, -0.2) is 4.90 Å². The van der Waals surface area contributed by atoms with Gasteiger partial charge < -0.3 is 5.32 Å². The van der Waals surface area contributed by atoms with Crippen LogP contribution in [0.1, 0.15) is 77.6 Å². The molecule has 1 aromatic carbocycles. The lowest BCUT2D eigenvalue weighted by molar-refractivity contribution is -0.121. The number of carbonyl (C=O) groups excluding carboxylic acids is 2. The normalized spacial score (nSPS) is 17.1. The highest BCUT2D eigenvalue weighted by molar-refractivity contribution is 6.30. The molecule has 1 N–H and O–H groups in total. The molecular weight excluding hydrogens is 360 g/mol. The summed E-state index contributed by atoms with van der Waals surface area (Å²) < 4.78 is 0. The molecular formula is C22H33ClN2O2. The predicted molar refractivity (Wildman–Crippen MR) is 112 cm³/mol. The van der Waals surface area contributed by atoms with Gasteiger partial charge in [0.15, 0.2) is 0 Å². The van der Waals surface area contributed by atoms with E-state index in [0.29, 0.717) is 10.7 Å². The fraction of sp³-hybridized carbons (Fsp3) is 0.636. The van der Waals surface area contributed by atoms with Gasteiger partial charge in [-0.1, -0.05) is 76.3 Å². The molecule has 4 nitrogen and oxygen atoms in total. The minimum absolute atomic E-state index is 0.150. The fourth-order valence-corrected chi connectivity index (χ4v) is 3.67. The predicted octanol–water partition coefficient (Wildman–Crippen LogP) is 5.48. The van der Waals surface area contributed by atoms with Crippen LogP contribution in [0, 0.1) is 0 Å². The number of nitrogens with zero attached hydrogens (tertiary/aromatic N) is 1. The van der Waals surface area contributed by atoms with E-state index in [4.69, 9.17) is 11.6 Å². The third kappa shape index (κ3) is 7.27. The summed E-state index contributed by atoms with van der Waals surface area (Å²) in [6.07, 6.45) is 13.1. The maximum Gasteiger partial charge on any atom is 0.251 e. The van der Waals surface area contributed by atoms with Gasteiger partial charge in [0, 0.05) is 5.02 Å². The molecule has 1 saturated heterocycles. The molecule has 1 aliphatic heterocycles. The quantitative estimate of drug-likeness (QED) is 0.357. The Hall–Kier alpha value is -1.39. The Morgan fingerprint density at radius 1 is 0.926 bits per heavy atom. The molecule has 0 radical (unpaired) electrons. The number of nitrogens with one attached hydrogen (secondary N) is 1. The molecule has 1 unspecified atom stereocenters. The first-order valence-corrected chi connectivity index (χ1v) is 10.9. The Bertz CT molecular complexity index is 588. The first-order chi connectivity index (χ1) is 13.1. The topological polar surface area (TPSA) is 49.4 Å². The van der Waals surface area contributed by atoms with E-state index in [1.54, 1.807) is 24.3 Å². The Morgan fingerprint density at radius 2 is 1.48 bits per heavy atom. The number of rotatable bonds is 13. The van der Waals surface area contributed by atoms with Crippen molar-refractivity contribution in [3.63, 3.8) is 0 Å². The van der Waals surface area contributed by atoms with E-state index in [0.717, 1.165) is 13.0 Å². The van der Waals surface area contributed by atoms with Crippen molar-refractivity contribution in [2.24, 2.45) is 0 Å². The zero-order valence-electron chi connectivity index (χ0n) is 16.5. The highest BCUT2D eigenvalue weighted by Gasteiger charge is 2.38. The molecule has 0 saturated carbocycles. The maximum absolute atomic E-state index is 12.5. The molecule has 27 heavy (non-hydrogen) atoms. The molecule has 150 valence electrons. The van der Waals surface area contributed by atoms with E-state index in [-0.39, 0.29) is 18.2 Å². The standard InChI is InChI=1S/C22H33ClN2O2/c1-2-3-4-5-6-7-8-9-10-11-16-24-20-17-21(26)25(22(20)27)19-14-12-18(23)13-15-19/h12-15,20,24H,2-11,16-17H2,1H3. The van der Waals surface area contributed by atoms with Crippen LogP contribution in [0.4, 0.5) is 5.69 Å². The van der Waals surface area contributed by atoms with E-state index < -0.39 is 6.04 Å². The molecule has 0 spiro atoms. The van der Waals surface area contributed by atoms with Gasteiger partial charge in [0.1, 0.15) is 0 Å². The minimum atomic E-state index is -0.397. The number of carbonyl (C=O) groups is 2. The molecule has 1 fully saturated rings. The summed E-state index contributed by atoms with van der Waals surface area (Å²) in [4.78, 5) is 26.0. The van der Waals surface area contributed by atoms with E-state index in [1.165, 1.54) is 62.7 Å². The van der Waals surface area contributed by atoms with Gasteiger partial charge in [-0.3, -0.25) is 9.59 Å². The summed E-state index contributed by atoms with van der Waals surface area (Å²) in [6, 6.07) is 6.42. The van der Waals surface area contributed by atoms with Crippen molar-refractivity contribution in [2.45, 2.75) is 83.6 Å². The van der Waals surface area contributed by atoms with Crippen molar-refractivity contribution in [2.75, 3.05) is 11.4 Å². The van der Waals surface area contributed by atoms with E-state index >= 15 is 0 Å².